The quantitative estimate of drug-likeness (QED) is 0.870. The summed E-state index contributed by atoms with van der Waals surface area (Å²) in [5.41, 5.74) is 2.17. The molecule has 0 aromatic carbocycles. The predicted octanol–water partition coefficient (Wildman–Crippen LogP) is 2.29. The molecule has 0 radical (unpaired) electrons. The Hall–Kier alpha value is -1.72. The highest BCUT2D eigenvalue weighted by molar-refractivity contribution is 7.07. The molecule has 1 fully saturated rings. The summed E-state index contributed by atoms with van der Waals surface area (Å²) in [5.74, 6) is 0.172. The van der Waals surface area contributed by atoms with Crippen LogP contribution in [0.3, 0.4) is 0 Å². The van der Waals surface area contributed by atoms with Crippen molar-refractivity contribution >= 4 is 17.2 Å². The normalized spacial score (nSPS) is 19.0. The van der Waals surface area contributed by atoms with Gasteiger partial charge in [0.15, 0.2) is 0 Å². The van der Waals surface area contributed by atoms with Gasteiger partial charge in [-0.15, -0.1) is 0 Å². The summed E-state index contributed by atoms with van der Waals surface area (Å²) < 4.78 is 5.76. The molecule has 104 valence electrons. The van der Waals surface area contributed by atoms with Crippen molar-refractivity contribution in [2.45, 2.75) is 12.5 Å². The van der Waals surface area contributed by atoms with Crippen molar-refractivity contribution < 1.29 is 9.53 Å². The average molecular weight is 288 g/mol. The van der Waals surface area contributed by atoms with Crippen LogP contribution >= 0.6 is 11.3 Å². The Labute approximate surface area is 122 Å². The molecule has 1 aliphatic heterocycles. The van der Waals surface area contributed by atoms with Crippen molar-refractivity contribution in [3.8, 4) is 0 Å². The van der Waals surface area contributed by atoms with Crippen LogP contribution in [0.4, 0.5) is 0 Å². The van der Waals surface area contributed by atoms with Crippen molar-refractivity contribution in [3.63, 3.8) is 0 Å². The molecule has 2 aromatic heterocycles. The first kappa shape index (κ1) is 13.3. The van der Waals surface area contributed by atoms with Gasteiger partial charge >= 0.3 is 0 Å². The largest absolute Gasteiger partial charge is 0.370 e. The number of nitrogens with zero attached hydrogens (tertiary/aromatic N) is 2. The molecule has 1 amide bonds. The zero-order valence-electron chi connectivity index (χ0n) is 11.1. The van der Waals surface area contributed by atoms with E-state index in [1.807, 2.05) is 33.9 Å². The molecule has 5 heteroatoms. The lowest BCUT2D eigenvalue weighted by atomic mass is 10.1. The number of morpholine rings is 1. The molecular weight excluding hydrogens is 272 g/mol. The highest BCUT2D eigenvalue weighted by Gasteiger charge is 2.25. The maximum atomic E-state index is 12.3. The Kier molecular flexibility index (Phi) is 4.08. The SMILES string of the molecule is O=C(Cc1ccsc1)N1CCOC(c2ccncc2)C1. The lowest BCUT2D eigenvalue weighted by Gasteiger charge is -2.33. The number of carbonyl (C=O) groups is 1. The Morgan fingerprint density at radius 1 is 1.40 bits per heavy atom. The highest BCUT2D eigenvalue weighted by atomic mass is 32.1. The van der Waals surface area contributed by atoms with Gasteiger partial charge in [-0.3, -0.25) is 9.78 Å². The summed E-state index contributed by atoms with van der Waals surface area (Å²) >= 11 is 1.62. The van der Waals surface area contributed by atoms with Crippen molar-refractivity contribution in [3.05, 3.63) is 52.5 Å². The molecule has 0 spiro atoms. The molecule has 20 heavy (non-hydrogen) atoms. The van der Waals surface area contributed by atoms with Gasteiger partial charge in [0.1, 0.15) is 6.10 Å². The summed E-state index contributed by atoms with van der Waals surface area (Å²) in [7, 11) is 0. The number of carbonyl (C=O) groups excluding carboxylic acids is 1. The number of aromatic nitrogens is 1. The van der Waals surface area contributed by atoms with Gasteiger partial charge in [0, 0.05) is 18.9 Å². The second-order valence-electron chi connectivity index (χ2n) is 4.79. The second-order valence-corrected chi connectivity index (χ2v) is 5.57. The molecule has 3 rings (SSSR count). The molecule has 0 bridgehead atoms. The second kappa shape index (κ2) is 6.15. The van der Waals surface area contributed by atoms with Gasteiger partial charge in [-0.25, -0.2) is 0 Å². The molecule has 1 atom stereocenters. The number of hydrogen-bond acceptors (Lipinski definition) is 4. The minimum Gasteiger partial charge on any atom is -0.370 e. The minimum atomic E-state index is -0.0434. The van der Waals surface area contributed by atoms with Gasteiger partial charge in [-0.1, -0.05) is 0 Å². The standard InChI is InChI=1S/C15H16N2O2S/c18-15(9-12-3-8-20-11-12)17-6-7-19-14(10-17)13-1-4-16-5-2-13/h1-5,8,11,14H,6-7,9-10H2. The number of thiophene rings is 1. The zero-order valence-corrected chi connectivity index (χ0v) is 11.9. The van der Waals surface area contributed by atoms with Gasteiger partial charge in [0.2, 0.25) is 5.91 Å². The smallest absolute Gasteiger partial charge is 0.227 e. The number of amides is 1. The van der Waals surface area contributed by atoms with Crippen LogP contribution in [0.25, 0.3) is 0 Å². The van der Waals surface area contributed by atoms with Gasteiger partial charge < -0.3 is 9.64 Å². The maximum Gasteiger partial charge on any atom is 0.227 e. The Morgan fingerprint density at radius 2 is 2.25 bits per heavy atom. The van der Waals surface area contributed by atoms with E-state index in [0.717, 1.165) is 11.1 Å². The lowest BCUT2D eigenvalue weighted by molar-refractivity contribution is -0.138. The van der Waals surface area contributed by atoms with E-state index in [0.29, 0.717) is 26.1 Å². The van der Waals surface area contributed by atoms with Crippen LogP contribution in [0.15, 0.2) is 41.4 Å². The van der Waals surface area contributed by atoms with Crippen LogP contribution in [0.2, 0.25) is 0 Å². The summed E-state index contributed by atoms with van der Waals surface area (Å²) in [5, 5.41) is 4.03. The van der Waals surface area contributed by atoms with Crippen molar-refractivity contribution in [2.24, 2.45) is 0 Å². The monoisotopic (exact) mass is 288 g/mol. The van der Waals surface area contributed by atoms with E-state index in [2.05, 4.69) is 4.98 Å². The van der Waals surface area contributed by atoms with E-state index in [4.69, 9.17) is 4.74 Å². The van der Waals surface area contributed by atoms with Gasteiger partial charge in [0.25, 0.3) is 0 Å². The predicted molar refractivity (Wildman–Crippen MR) is 77.5 cm³/mol. The number of ether oxygens (including phenoxy) is 1. The van der Waals surface area contributed by atoms with E-state index in [9.17, 15) is 4.79 Å². The molecule has 0 N–H and O–H groups in total. The summed E-state index contributed by atoms with van der Waals surface area (Å²) in [6.45, 7) is 1.87. The lowest BCUT2D eigenvalue weighted by Crippen LogP contribution is -2.42. The molecule has 1 aliphatic rings. The third kappa shape index (κ3) is 3.05. The Bertz CT molecular complexity index is 557. The Morgan fingerprint density at radius 3 is 3.00 bits per heavy atom. The van der Waals surface area contributed by atoms with Crippen molar-refractivity contribution in [1.82, 2.24) is 9.88 Å². The van der Waals surface area contributed by atoms with E-state index in [-0.39, 0.29) is 12.0 Å². The summed E-state index contributed by atoms with van der Waals surface area (Å²) in [4.78, 5) is 18.2. The number of hydrogen-bond donors (Lipinski definition) is 0. The van der Waals surface area contributed by atoms with Gasteiger partial charge in [-0.05, 0) is 40.1 Å². The molecule has 3 heterocycles. The number of rotatable bonds is 3. The fourth-order valence-electron chi connectivity index (χ4n) is 2.34. The molecule has 0 aliphatic carbocycles. The molecule has 2 aromatic rings. The minimum absolute atomic E-state index is 0.0434. The van der Waals surface area contributed by atoms with E-state index in [1.165, 1.54) is 0 Å². The van der Waals surface area contributed by atoms with Crippen LogP contribution < -0.4 is 0 Å². The van der Waals surface area contributed by atoms with E-state index < -0.39 is 0 Å². The third-order valence-electron chi connectivity index (χ3n) is 3.43. The fourth-order valence-corrected chi connectivity index (χ4v) is 3.00. The van der Waals surface area contributed by atoms with E-state index in [1.54, 1.807) is 23.7 Å². The molecule has 4 nitrogen and oxygen atoms in total. The first-order valence-electron chi connectivity index (χ1n) is 6.63. The summed E-state index contributed by atoms with van der Waals surface area (Å²) in [6, 6.07) is 5.89. The zero-order chi connectivity index (χ0) is 13.8. The first-order valence-corrected chi connectivity index (χ1v) is 7.57. The van der Waals surface area contributed by atoms with Gasteiger partial charge in [0.05, 0.1) is 19.6 Å². The molecule has 1 saturated heterocycles. The van der Waals surface area contributed by atoms with Crippen LogP contribution in [0.1, 0.15) is 17.2 Å². The fraction of sp³-hybridized carbons (Fsp3) is 0.333. The van der Waals surface area contributed by atoms with Gasteiger partial charge in [-0.2, -0.15) is 11.3 Å². The van der Waals surface area contributed by atoms with Crippen molar-refractivity contribution in [1.29, 1.82) is 0 Å². The average Bonchev–Trinajstić information content (AvgIpc) is 3.01. The third-order valence-corrected chi connectivity index (χ3v) is 4.16. The highest BCUT2D eigenvalue weighted by Crippen LogP contribution is 2.22. The Balaban J connectivity index is 1.64. The number of pyridine rings is 1. The molecule has 0 saturated carbocycles. The summed E-state index contributed by atoms with van der Waals surface area (Å²) in [6.07, 6.45) is 3.94. The van der Waals surface area contributed by atoms with Crippen LogP contribution in [0, 0.1) is 0 Å². The van der Waals surface area contributed by atoms with Crippen LogP contribution in [-0.4, -0.2) is 35.5 Å². The van der Waals surface area contributed by atoms with Crippen LogP contribution in [0.5, 0.6) is 0 Å². The molecular formula is C15H16N2O2S. The van der Waals surface area contributed by atoms with Crippen molar-refractivity contribution in [2.75, 3.05) is 19.7 Å². The van der Waals surface area contributed by atoms with Crippen LogP contribution in [-0.2, 0) is 16.0 Å². The van der Waals surface area contributed by atoms with E-state index >= 15 is 0 Å². The molecule has 1 unspecified atom stereocenters. The maximum absolute atomic E-state index is 12.3. The topological polar surface area (TPSA) is 42.4 Å². The first-order chi connectivity index (χ1) is 9.83.